The topological polar surface area (TPSA) is 53.1 Å². The fraction of sp³-hybridized carbons (Fsp3) is 0.250. The summed E-state index contributed by atoms with van der Waals surface area (Å²) < 4.78 is 0. The van der Waals surface area contributed by atoms with Gasteiger partial charge in [0, 0.05) is 11.2 Å². The van der Waals surface area contributed by atoms with E-state index < -0.39 is 5.97 Å². The molecule has 78 valence electrons. The molecule has 0 aliphatic heterocycles. The number of aromatic nitrogens is 1. The predicted octanol–water partition coefficient (Wildman–Crippen LogP) is 2.36. The number of H-pyrrole nitrogens is 1. The van der Waals surface area contributed by atoms with Crippen molar-refractivity contribution in [3.8, 4) is 0 Å². The van der Waals surface area contributed by atoms with Gasteiger partial charge in [-0.2, -0.15) is 0 Å². The van der Waals surface area contributed by atoms with Gasteiger partial charge in [0.25, 0.3) is 0 Å². The van der Waals surface area contributed by atoms with Crippen LogP contribution in [-0.4, -0.2) is 16.1 Å². The van der Waals surface area contributed by atoms with Gasteiger partial charge >= 0.3 is 5.97 Å². The van der Waals surface area contributed by atoms with Crippen LogP contribution in [0, 0.1) is 0 Å². The number of aliphatic carboxylic acids is 1. The van der Waals surface area contributed by atoms with Gasteiger partial charge in [0.15, 0.2) is 0 Å². The molecule has 3 nitrogen and oxygen atoms in total. The van der Waals surface area contributed by atoms with Gasteiger partial charge in [-0.1, -0.05) is 25.1 Å². The van der Waals surface area contributed by atoms with Crippen LogP contribution in [0.3, 0.4) is 0 Å². The van der Waals surface area contributed by atoms with E-state index in [1.165, 1.54) is 5.56 Å². The number of benzene rings is 1. The molecule has 15 heavy (non-hydrogen) atoms. The molecule has 1 aromatic heterocycles. The summed E-state index contributed by atoms with van der Waals surface area (Å²) in [6, 6.07) is 7.96. The molecule has 0 aliphatic rings. The first-order valence-electron chi connectivity index (χ1n) is 5.02. The summed E-state index contributed by atoms with van der Waals surface area (Å²) in [6.07, 6.45) is 1.00. The molecule has 0 radical (unpaired) electrons. The van der Waals surface area contributed by atoms with Crippen LogP contribution in [-0.2, 0) is 17.6 Å². The Hall–Kier alpha value is -1.77. The molecular formula is C12H13NO2. The molecule has 0 amide bonds. The molecule has 0 atom stereocenters. The molecule has 0 bridgehead atoms. The second-order valence-corrected chi connectivity index (χ2v) is 3.60. The van der Waals surface area contributed by atoms with Gasteiger partial charge in [-0.25, -0.2) is 0 Å². The summed E-state index contributed by atoms with van der Waals surface area (Å²) in [5.41, 5.74) is 3.05. The zero-order valence-corrected chi connectivity index (χ0v) is 8.58. The Morgan fingerprint density at radius 3 is 2.93 bits per heavy atom. The quantitative estimate of drug-likeness (QED) is 0.804. The standard InChI is InChI=1S/C12H13NO2/c1-2-8-4-3-5-9-6-10(7-11(14)15)13-12(8)9/h3-6,13H,2,7H2,1H3,(H,14,15). The van der Waals surface area contributed by atoms with E-state index in [9.17, 15) is 4.79 Å². The van der Waals surface area contributed by atoms with Gasteiger partial charge in [-0.05, 0) is 23.4 Å². The van der Waals surface area contributed by atoms with Crippen molar-refractivity contribution in [3.05, 3.63) is 35.5 Å². The van der Waals surface area contributed by atoms with E-state index in [2.05, 4.69) is 18.0 Å². The highest BCUT2D eigenvalue weighted by Gasteiger charge is 2.06. The third-order valence-electron chi connectivity index (χ3n) is 2.52. The Morgan fingerprint density at radius 2 is 2.27 bits per heavy atom. The maximum Gasteiger partial charge on any atom is 0.309 e. The number of rotatable bonds is 3. The zero-order chi connectivity index (χ0) is 10.8. The van der Waals surface area contributed by atoms with Gasteiger partial charge in [0.1, 0.15) is 0 Å². The molecule has 3 heteroatoms. The summed E-state index contributed by atoms with van der Waals surface area (Å²) >= 11 is 0. The maximum atomic E-state index is 10.6. The van der Waals surface area contributed by atoms with Gasteiger partial charge in [-0.15, -0.1) is 0 Å². The van der Waals surface area contributed by atoms with Crippen LogP contribution in [0.2, 0.25) is 0 Å². The first kappa shape index (κ1) is 9.77. The number of carbonyl (C=O) groups is 1. The van der Waals surface area contributed by atoms with E-state index in [0.717, 1.165) is 23.0 Å². The molecule has 0 unspecified atom stereocenters. The lowest BCUT2D eigenvalue weighted by Crippen LogP contribution is -1.99. The highest BCUT2D eigenvalue weighted by Crippen LogP contribution is 2.20. The Morgan fingerprint density at radius 1 is 1.47 bits per heavy atom. The Bertz CT molecular complexity index is 499. The summed E-state index contributed by atoms with van der Waals surface area (Å²) in [7, 11) is 0. The van der Waals surface area contributed by atoms with E-state index in [1.807, 2.05) is 18.2 Å². The van der Waals surface area contributed by atoms with E-state index >= 15 is 0 Å². The summed E-state index contributed by atoms with van der Waals surface area (Å²) in [5.74, 6) is -0.806. The number of fused-ring (bicyclic) bond motifs is 1. The van der Waals surface area contributed by atoms with E-state index in [-0.39, 0.29) is 6.42 Å². The van der Waals surface area contributed by atoms with Gasteiger partial charge in [-0.3, -0.25) is 4.79 Å². The highest BCUT2D eigenvalue weighted by molar-refractivity contribution is 5.84. The van der Waals surface area contributed by atoms with Gasteiger partial charge < -0.3 is 10.1 Å². The van der Waals surface area contributed by atoms with Crippen LogP contribution >= 0.6 is 0 Å². The van der Waals surface area contributed by atoms with Gasteiger partial charge in [0.2, 0.25) is 0 Å². The zero-order valence-electron chi connectivity index (χ0n) is 8.58. The molecule has 0 spiro atoms. The fourth-order valence-corrected chi connectivity index (χ4v) is 1.83. The molecule has 2 rings (SSSR count). The summed E-state index contributed by atoms with van der Waals surface area (Å²) in [6.45, 7) is 2.09. The minimum Gasteiger partial charge on any atom is -0.481 e. The average Bonchev–Trinajstić information content (AvgIpc) is 2.58. The molecule has 1 aromatic carbocycles. The van der Waals surface area contributed by atoms with Crippen molar-refractivity contribution in [2.24, 2.45) is 0 Å². The van der Waals surface area contributed by atoms with Crippen LogP contribution in [0.15, 0.2) is 24.3 Å². The molecule has 0 fully saturated rings. The first-order chi connectivity index (χ1) is 7.20. The number of hydrogen-bond donors (Lipinski definition) is 2. The van der Waals surface area contributed by atoms with Crippen LogP contribution in [0.5, 0.6) is 0 Å². The third-order valence-corrected chi connectivity index (χ3v) is 2.52. The number of carboxylic acid groups (broad SMARTS) is 1. The number of hydrogen-bond acceptors (Lipinski definition) is 1. The van der Waals surface area contributed by atoms with Crippen molar-refractivity contribution < 1.29 is 9.90 Å². The average molecular weight is 203 g/mol. The van der Waals surface area contributed by atoms with Crippen molar-refractivity contribution in [2.75, 3.05) is 0 Å². The molecule has 0 saturated heterocycles. The first-order valence-corrected chi connectivity index (χ1v) is 5.02. The number of aromatic amines is 1. The van der Waals surface area contributed by atoms with Crippen LogP contribution < -0.4 is 0 Å². The normalized spacial score (nSPS) is 10.7. The van der Waals surface area contributed by atoms with Crippen molar-refractivity contribution in [1.82, 2.24) is 4.98 Å². The maximum absolute atomic E-state index is 10.6. The lowest BCUT2D eigenvalue weighted by molar-refractivity contribution is -0.136. The minimum atomic E-state index is -0.806. The summed E-state index contributed by atoms with van der Waals surface area (Å²) in [5, 5.41) is 9.79. The minimum absolute atomic E-state index is 0.0534. The number of aryl methyl sites for hydroxylation is 1. The SMILES string of the molecule is CCc1cccc2cc(CC(=O)O)[nH]c12. The van der Waals surface area contributed by atoms with Gasteiger partial charge in [0.05, 0.1) is 6.42 Å². The second kappa shape index (κ2) is 3.77. The Labute approximate surface area is 87.7 Å². The lowest BCUT2D eigenvalue weighted by atomic mass is 10.1. The Kier molecular flexibility index (Phi) is 2.46. The molecular weight excluding hydrogens is 190 g/mol. The van der Waals surface area contributed by atoms with Crippen LogP contribution in [0.4, 0.5) is 0 Å². The summed E-state index contributed by atoms with van der Waals surface area (Å²) in [4.78, 5) is 13.7. The van der Waals surface area contributed by atoms with Crippen molar-refractivity contribution in [2.45, 2.75) is 19.8 Å². The van der Waals surface area contributed by atoms with Crippen LogP contribution in [0.25, 0.3) is 10.9 Å². The Balaban J connectivity index is 2.50. The van der Waals surface area contributed by atoms with Crippen molar-refractivity contribution in [1.29, 1.82) is 0 Å². The number of nitrogens with one attached hydrogen (secondary N) is 1. The molecule has 0 saturated carbocycles. The molecule has 2 aromatic rings. The lowest BCUT2D eigenvalue weighted by Gasteiger charge is -1.97. The molecule has 2 N–H and O–H groups in total. The monoisotopic (exact) mass is 203 g/mol. The predicted molar refractivity (Wildman–Crippen MR) is 59.0 cm³/mol. The highest BCUT2D eigenvalue weighted by atomic mass is 16.4. The third kappa shape index (κ3) is 1.86. The van der Waals surface area contributed by atoms with E-state index in [0.29, 0.717) is 0 Å². The van der Waals surface area contributed by atoms with Crippen molar-refractivity contribution >= 4 is 16.9 Å². The fourth-order valence-electron chi connectivity index (χ4n) is 1.83. The molecule has 0 aliphatic carbocycles. The smallest absolute Gasteiger partial charge is 0.309 e. The largest absolute Gasteiger partial charge is 0.481 e. The van der Waals surface area contributed by atoms with Crippen molar-refractivity contribution in [3.63, 3.8) is 0 Å². The molecule has 1 heterocycles. The number of para-hydroxylation sites is 1. The van der Waals surface area contributed by atoms with E-state index in [4.69, 9.17) is 5.11 Å². The second-order valence-electron chi connectivity index (χ2n) is 3.60. The number of carboxylic acids is 1. The van der Waals surface area contributed by atoms with E-state index in [1.54, 1.807) is 0 Å². The van der Waals surface area contributed by atoms with Crippen LogP contribution in [0.1, 0.15) is 18.2 Å².